The molecule has 0 fully saturated rings. The molecule has 146 valence electrons. The van der Waals surface area contributed by atoms with E-state index in [1.807, 2.05) is 25.3 Å². The molecule has 0 saturated carbocycles. The van der Waals surface area contributed by atoms with E-state index >= 15 is 0 Å². The number of nitrogens with zero attached hydrogens (tertiary/aromatic N) is 2. The van der Waals surface area contributed by atoms with Crippen LogP contribution in [0.3, 0.4) is 0 Å². The summed E-state index contributed by atoms with van der Waals surface area (Å²) in [5.74, 6) is 0.524. The van der Waals surface area contributed by atoms with Crippen LogP contribution in [-0.2, 0) is 16.1 Å². The van der Waals surface area contributed by atoms with Gasteiger partial charge in [-0.05, 0) is 44.2 Å². The molecule has 5 heteroatoms. The van der Waals surface area contributed by atoms with Crippen LogP contribution >= 0.6 is 0 Å². The van der Waals surface area contributed by atoms with Crippen LogP contribution in [0.5, 0.6) is 5.75 Å². The van der Waals surface area contributed by atoms with Gasteiger partial charge in [-0.15, -0.1) is 0 Å². The van der Waals surface area contributed by atoms with Gasteiger partial charge in [0.15, 0.2) is 0 Å². The third-order valence-corrected chi connectivity index (χ3v) is 4.53. The van der Waals surface area contributed by atoms with Crippen LogP contribution < -0.4 is 4.74 Å². The molecule has 1 atom stereocenters. The molecule has 0 spiro atoms. The SMILES string of the molecule is C=C(C)C(=O)OCC(C)COc1ccc2cc(-c3cccnc3)n(CC)c2c1. The number of aryl methyl sites for hydroxylation is 1. The number of aromatic nitrogens is 2. The zero-order valence-corrected chi connectivity index (χ0v) is 16.6. The summed E-state index contributed by atoms with van der Waals surface area (Å²) in [5, 5.41) is 1.16. The molecular formula is C23H26N2O3. The number of rotatable bonds is 8. The van der Waals surface area contributed by atoms with Crippen molar-refractivity contribution in [2.24, 2.45) is 5.92 Å². The number of benzene rings is 1. The lowest BCUT2D eigenvalue weighted by molar-refractivity contribution is -0.140. The summed E-state index contributed by atoms with van der Waals surface area (Å²) >= 11 is 0. The molecule has 5 nitrogen and oxygen atoms in total. The van der Waals surface area contributed by atoms with Gasteiger partial charge in [-0.1, -0.05) is 13.5 Å². The maximum absolute atomic E-state index is 11.5. The third kappa shape index (κ3) is 4.42. The fraction of sp³-hybridized carbons (Fsp3) is 0.304. The van der Waals surface area contributed by atoms with E-state index in [-0.39, 0.29) is 11.9 Å². The van der Waals surface area contributed by atoms with Gasteiger partial charge in [0.05, 0.1) is 24.4 Å². The minimum Gasteiger partial charge on any atom is -0.493 e. The molecular weight excluding hydrogens is 352 g/mol. The molecule has 3 rings (SSSR count). The molecule has 2 aromatic heterocycles. The predicted molar refractivity (Wildman–Crippen MR) is 111 cm³/mol. The van der Waals surface area contributed by atoms with Crippen LogP contribution in [0.4, 0.5) is 0 Å². The Morgan fingerprint density at radius 2 is 2.07 bits per heavy atom. The van der Waals surface area contributed by atoms with Gasteiger partial charge in [0.25, 0.3) is 0 Å². The quantitative estimate of drug-likeness (QED) is 0.415. The van der Waals surface area contributed by atoms with Crippen molar-refractivity contribution >= 4 is 16.9 Å². The molecule has 3 aromatic rings. The molecule has 0 aliphatic rings. The number of carbonyl (C=O) groups is 1. The van der Waals surface area contributed by atoms with Gasteiger partial charge in [0.2, 0.25) is 0 Å². The van der Waals surface area contributed by atoms with E-state index in [1.54, 1.807) is 13.1 Å². The largest absolute Gasteiger partial charge is 0.493 e. The van der Waals surface area contributed by atoms with E-state index in [0.29, 0.717) is 18.8 Å². The van der Waals surface area contributed by atoms with Crippen molar-refractivity contribution < 1.29 is 14.3 Å². The van der Waals surface area contributed by atoms with Crippen LogP contribution in [-0.4, -0.2) is 28.7 Å². The van der Waals surface area contributed by atoms with Gasteiger partial charge in [-0.25, -0.2) is 4.79 Å². The smallest absolute Gasteiger partial charge is 0.333 e. The number of hydrogen-bond donors (Lipinski definition) is 0. The van der Waals surface area contributed by atoms with Crippen molar-refractivity contribution in [2.75, 3.05) is 13.2 Å². The topological polar surface area (TPSA) is 53.4 Å². The number of esters is 1. The van der Waals surface area contributed by atoms with E-state index < -0.39 is 0 Å². The number of fused-ring (bicyclic) bond motifs is 1. The number of hydrogen-bond acceptors (Lipinski definition) is 4. The number of pyridine rings is 1. The van der Waals surface area contributed by atoms with Crippen LogP contribution in [0.1, 0.15) is 20.8 Å². The van der Waals surface area contributed by atoms with Gasteiger partial charge in [-0.2, -0.15) is 0 Å². The minimum absolute atomic E-state index is 0.0860. The summed E-state index contributed by atoms with van der Waals surface area (Å²) in [6.45, 7) is 11.0. The van der Waals surface area contributed by atoms with E-state index in [1.165, 1.54) is 0 Å². The van der Waals surface area contributed by atoms with Crippen molar-refractivity contribution in [3.05, 3.63) is 60.9 Å². The van der Waals surface area contributed by atoms with E-state index in [0.717, 1.165) is 34.5 Å². The summed E-state index contributed by atoms with van der Waals surface area (Å²) in [7, 11) is 0. The molecule has 0 amide bonds. The fourth-order valence-electron chi connectivity index (χ4n) is 3.05. The van der Waals surface area contributed by atoms with Gasteiger partial charge in [0, 0.05) is 47.4 Å². The van der Waals surface area contributed by atoms with Crippen LogP contribution in [0.2, 0.25) is 0 Å². The second kappa shape index (κ2) is 8.74. The van der Waals surface area contributed by atoms with Gasteiger partial charge < -0.3 is 14.0 Å². The van der Waals surface area contributed by atoms with E-state index in [9.17, 15) is 4.79 Å². The Balaban J connectivity index is 1.73. The maximum atomic E-state index is 11.5. The van der Waals surface area contributed by atoms with Gasteiger partial charge >= 0.3 is 5.97 Å². The second-order valence-electron chi connectivity index (χ2n) is 7.03. The summed E-state index contributed by atoms with van der Waals surface area (Å²) in [4.78, 5) is 15.7. The molecule has 0 aliphatic carbocycles. The molecule has 0 bridgehead atoms. The first kappa shape index (κ1) is 19.7. The molecule has 1 aromatic carbocycles. The molecule has 28 heavy (non-hydrogen) atoms. The van der Waals surface area contributed by atoms with Gasteiger partial charge in [-0.3, -0.25) is 4.98 Å². The summed E-state index contributed by atoms with van der Waals surface area (Å²) in [5.41, 5.74) is 3.77. The highest BCUT2D eigenvalue weighted by molar-refractivity contribution is 5.88. The molecule has 0 aliphatic heterocycles. The Labute approximate surface area is 165 Å². The lowest BCUT2D eigenvalue weighted by Gasteiger charge is -2.14. The van der Waals surface area contributed by atoms with Crippen molar-refractivity contribution in [2.45, 2.75) is 27.3 Å². The Morgan fingerprint density at radius 3 is 2.75 bits per heavy atom. The Bertz CT molecular complexity index is 976. The van der Waals surface area contributed by atoms with E-state index in [4.69, 9.17) is 9.47 Å². The van der Waals surface area contributed by atoms with Crippen molar-refractivity contribution in [3.8, 4) is 17.0 Å². The standard InChI is InChI=1S/C23H26N2O3/c1-5-25-21(19-7-6-10-24-13-19)11-18-8-9-20(12-22(18)25)27-14-17(4)15-28-23(26)16(2)3/h6-13,17H,2,5,14-15H2,1,3-4H3. The highest BCUT2D eigenvalue weighted by Crippen LogP contribution is 2.30. The first-order valence-electron chi connectivity index (χ1n) is 9.48. The number of carbonyl (C=O) groups excluding carboxylic acids is 1. The highest BCUT2D eigenvalue weighted by atomic mass is 16.5. The number of ether oxygens (including phenoxy) is 2. The Kier molecular flexibility index (Phi) is 6.14. The fourth-order valence-corrected chi connectivity index (χ4v) is 3.05. The monoisotopic (exact) mass is 378 g/mol. The van der Waals surface area contributed by atoms with Crippen molar-refractivity contribution in [1.82, 2.24) is 9.55 Å². The molecule has 1 unspecified atom stereocenters. The lowest BCUT2D eigenvalue weighted by atomic mass is 10.2. The maximum Gasteiger partial charge on any atom is 0.333 e. The Hall–Kier alpha value is -3.08. The van der Waals surface area contributed by atoms with Gasteiger partial charge in [0.1, 0.15) is 5.75 Å². The predicted octanol–water partition coefficient (Wildman–Crippen LogP) is 4.86. The average molecular weight is 378 g/mol. The van der Waals surface area contributed by atoms with Crippen molar-refractivity contribution in [3.63, 3.8) is 0 Å². The van der Waals surface area contributed by atoms with Crippen LogP contribution in [0.25, 0.3) is 22.2 Å². The minimum atomic E-state index is -0.364. The summed E-state index contributed by atoms with van der Waals surface area (Å²) in [6, 6.07) is 12.3. The molecule has 2 heterocycles. The highest BCUT2D eigenvalue weighted by Gasteiger charge is 2.12. The first-order valence-corrected chi connectivity index (χ1v) is 9.48. The second-order valence-corrected chi connectivity index (χ2v) is 7.03. The van der Waals surface area contributed by atoms with Crippen LogP contribution in [0, 0.1) is 5.92 Å². The first-order chi connectivity index (χ1) is 13.5. The van der Waals surface area contributed by atoms with Crippen molar-refractivity contribution in [1.29, 1.82) is 0 Å². The average Bonchev–Trinajstić information content (AvgIpc) is 3.08. The molecule has 0 saturated heterocycles. The zero-order chi connectivity index (χ0) is 20.1. The lowest BCUT2D eigenvalue weighted by Crippen LogP contribution is -2.18. The Morgan fingerprint density at radius 1 is 1.25 bits per heavy atom. The molecule has 0 N–H and O–H groups in total. The third-order valence-electron chi connectivity index (χ3n) is 4.53. The zero-order valence-electron chi connectivity index (χ0n) is 16.6. The van der Waals surface area contributed by atoms with Crippen LogP contribution in [0.15, 0.2) is 60.9 Å². The summed E-state index contributed by atoms with van der Waals surface area (Å²) in [6.07, 6.45) is 3.66. The van der Waals surface area contributed by atoms with E-state index in [2.05, 4.69) is 47.3 Å². The molecule has 0 radical (unpaired) electrons. The summed E-state index contributed by atoms with van der Waals surface area (Å²) < 4.78 is 13.4. The normalized spacial score (nSPS) is 12.0.